The highest BCUT2D eigenvalue weighted by atomic mass is 19.1. The van der Waals surface area contributed by atoms with Crippen molar-refractivity contribution in [3.63, 3.8) is 0 Å². The van der Waals surface area contributed by atoms with Gasteiger partial charge in [0.2, 0.25) is 5.95 Å². The summed E-state index contributed by atoms with van der Waals surface area (Å²) >= 11 is 0. The largest absolute Gasteiger partial charge is 0.307 e. The van der Waals surface area contributed by atoms with Crippen LogP contribution in [0.5, 0.6) is 0 Å². The first-order valence-electron chi connectivity index (χ1n) is 7.36. The van der Waals surface area contributed by atoms with Crippen LogP contribution < -0.4 is 5.32 Å². The molecule has 0 aliphatic rings. The molecule has 0 bridgehead atoms. The summed E-state index contributed by atoms with van der Waals surface area (Å²) in [6.07, 6.45) is 1.44. The topological polar surface area (TPSA) is 79.4 Å². The second-order valence-corrected chi connectivity index (χ2v) is 5.33. The summed E-state index contributed by atoms with van der Waals surface area (Å²) in [6.45, 7) is 2.00. The average molecular weight is 320 g/mol. The molecule has 4 rings (SSSR count). The maximum Gasteiger partial charge on any atom is 0.231 e. The van der Waals surface area contributed by atoms with Crippen molar-refractivity contribution >= 4 is 22.7 Å². The molecule has 2 heterocycles. The van der Waals surface area contributed by atoms with Crippen molar-refractivity contribution < 1.29 is 4.39 Å². The Bertz CT molecular complexity index is 1030. The van der Waals surface area contributed by atoms with Crippen LogP contribution in [0, 0.1) is 12.7 Å². The molecule has 0 amide bonds. The summed E-state index contributed by atoms with van der Waals surface area (Å²) < 4.78 is 13.5. The fourth-order valence-electron chi connectivity index (χ4n) is 2.50. The number of hydrogen-bond acceptors (Lipinski definition) is 5. The van der Waals surface area contributed by atoms with Crippen LogP contribution in [0.2, 0.25) is 0 Å². The molecule has 0 radical (unpaired) electrons. The SMILES string of the molecule is Cc1ccccc1-c1ncnc(Nc2n[nH]c3ccc(F)cc23)n1. The minimum atomic E-state index is -0.330. The van der Waals surface area contributed by atoms with Crippen LogP contribution in [0.3, 0.4) is 0 Å². The second-order valence-electron chi connectivity index (χ2n) is 5.33. The zero-order valence-corrected chi connectivity index (χ0v) is 12.8. The fraction of sp³-hybridized carbons (Fsp3) is 0.0588. The van der Waals surface area contributed by atoms with E-state index in [0.29, 0.717) is 23.0 Å². The van der Waals surface area contributed by atoms with Crippen LogP contribution in [-0.2, 0) is 0 Å². The fourth-order valence-corrected chi connectivity index (χ4v) is 2.50. The molecule has 0 aliphatic carbocycles. The maximum absolute atomic E-state index is 13.5. The van der Waals surface area contributed by atoms with Crippen LogP contribution in [0.1, 0.15) is 5.56 Å². The van der Waals surface area contributed by atoms with Crippen LogP contribution in [-0.4, -0.2) is 25.1 Å². The van der Waals surface area contributed by atoms with Gasteiger partial charge in [-0.25, -0.2) is 14.4 Å². The second kappa shape index (κ2) is 5.69. The minimum Gasteiger partial charge on any atom is -0.307 e. The monoisotopic (exact) mass is 320 g/mol. The van der Waals surface area contributed by atoms with Gasteiger partial charge in [0.1, 0.15) is 12.1 Å². The van der Waals surface area contributed by atoms with E-state index in [0.717, 1.165) is 16.6 Å². The first-order chi connectivity index (χ1) is 11.7. The number of hydrogen-bond donors (Lipinski definition) is 2. The molecule has 0 unspecified atom stereocenters. The maximum atomic E-state index is 13.5. The highest BCUT2D eigenvalue weighted by molar-refractivity contribution is 5.90. The molecule has 0 saturated heterocycles. The van der Waals surface area contributed by atoms with E-state index in [1.807, 2.05) is 31.2 Å². The predicted molar refractivity (Wildman–Crippen MR) is 89.3 cm³/mol. The number of nitrogens with zero attached hydrogens (tertiary/aromatic N) is 4. The quantitative estimate of drug-likeness (QED) is 0.603. The molecule has 0 atom stereocenters. The van der Waals surface area contributed by atoms with Gasteiger partial charge in [0.25, 0.3) is 0 Å². The van der Waals surface area contributed by atoms with Crippen LogP contribution in [0.25, 0.3) is 22.3 Å². The Hall–Kier alpha value is -3.35. The van der Waals surface area contributed by atoms with Crippen molar-refractivity contribution in [2.24, 2.45) is 0 Å². The lowest BCUT2D eigenvalue weighted by Gasteiger charge is -2.06. The number of halogens is 1. The van der Waals surface area contributed by atoms with Crippen molar-refractivity contribution in [1.82, 2.24) is 25.1 Å². The van der Waals surface area contributed by atoms with Gasteiger partial charge in [-0.05, 0) is 30.7 Å². The van der Waals surface area contributed by atoms with Crippen molar-refractivity contribution in [2.75, 3.05) is 5.32 Å². The molecule has 24 heavy (non-hydrogen) atoms. The molecule has 0 saturated carbocycles. The summed E-state index contributed by atoms with van der Waals surface area (Å²) in [6, 6.07) is 12.3. The Balaban J connectivity index is 1.71. The molecule has 0 fully saturated rings. The lowest BCUT2D eigenvalue weighted by Crippen LogP contribution is -2.01. The summed E-state index contributed by atoms with van der Waals surface area (Å²) in [5.74, 6) is 1.05. The van der Waals surface area contributed by atoms with Gasteiger partial charge in [0, 0.05) is 10.9 Å². The van der Waals surface area contributed by atoms with Gasteiger partial charge in [-0.3, -0.25) is 5.10 Å². The Morgan fingerprint density at radius 1 is 1.08 bits per heavy atom. The summed E-state index contributed by atoms with van der Waals surface area (Å²) in [5.41, 5.74) is 2.73. The van der Waals surface area contributed by atoms with E-state index in [1.54, 1.807) is 6.07 Å². The van der Waals surface area contributed by atoms with Gasteiger partial charge < -0.3 is 5.32 Å². The standard InChI is InChI=1S/C17H13FN6/c1-10-4-2-3-5-12(10)15-19-9-20-17(21-15)22-16-13-8-11(18)6-7-14(13)23-24-16/h2-9H,1H3,(H2,19,20,21,22,23,24). The van der Waals surface area contributed by atoms with E-state index in [4.69, 9.17) is 0 Å². The molecule has 2 N–H and O–H groups in total. The third kappa shape index (κ3) is 2.56. The van der Waals surface area contributed by atoms with E-state index >= 15 is 0 Å². The average Bonchev–Trinajstić information content (AvgIpc) is 2.98. The molecule has 118 valence electrons. The van der Waals surface area contributed by atoms with E-state index in [-0.39, 0.29) is 5.82 Å². The van der Waals surface area contributed by atoms with Gasteiger partial charge in [0.05, 0.1) is 5.52 Å². The smallest absolute Gasteiger partial charge is 0.231 e. The molecular formula is C17H13FN6. The molecule has 4 aromatic rings. The summed E-state index contributed by atoms with van der Waals surface area (Å²) in [5, 5.41) is 10.6. The molecular weight excluding hydrogens is 307 g/mol. The number of H-pyrrole nitrogens is 1. The van der Waals surface area contributed by atoms with Crippen molar-refractivity contribution in [1.29, 1.82) is 0 Å². The van der Waals surface area contributed by atoms with Crippen LogP contribution >= 0.6 is 0 Å². The molecule has 6 nitrogen and oxygen atoms in total. The normalized spacial score (nSPS) is 10.9. The Morgan fingerprint density at radius 3 is 2.83 bits per heavy atom. The zero-order chi connectivity index (χ0) is 16.5. The first kappa shape index (κ1) is 14.3. The van der Waals surface area contributed by atoms with Gasteiger partial charge in [0.15, 0.2) is 11.6 Å². The molecule has 7 heteroatoms. The lowest BCUT2D eigenvalue weighted by atomic mass is 10.1. The predicted octanol–water partition coefficient (Wildman–Crippen LogP) is 3.61. The number of aryl methyl sites for hydroxylation is 1. The Kier molecular flexibility index (Phi) is 3.38. The zero-order valence-electron chi connectivity index (χ0n) is 12.8. The van der Waals surface area contributed by atoms with E-state index in [9.17, 15) is 4.39 Å². The van der Waals surface area contributed by atoms with Gasteiger partial charge in [-0.15, -0.1) is 0 Å². The molecule has 2 aromatic heterocycles. The van der Waals surface area contributed by atoms with E-state index < -0.39 is 0 Å². The summed E-state index contributed by atoms with van der Waals surface area (Å²) in [7, 11) is 0. The third-order valence-corrected chi connectivity index (χ3v) is 3.71. The number of anilines is 2. The van der Waals surface area contributed by atoms with Crippen LogP contribution in [0.15, 0.2) is 48.8 Å². The Morgan fingerprint density at radius 2 is 1.96 bits per heavy atom. The lowest BCUT2D eigenvalue weighted by molar-refractivity contribution is 0.630. The number of aromatic nitrogens is 5. The van der Waals surface area contributed by atoms with E-state index in [2.05, 4.69) is 30.5 Å². The Labute approximate surface area is 136 Å². The molecule has 0 spiro atoms. The summed E-state index contributed by atoms with van der Waals surface area (Å²) in [4.78, 5) is 12.8. The number of fused-ring (bicyclic) bond motifs is 1. The molecule has 2 aromatic carbocycles. The first-order valence-corrected chi connectivity index (χ1v) is 7.36. The van der Waals surface area contributed by atoms with Crippen molar-refractivity contribution in [3.05, 3.63) is 60.2 Å². The van der Waals surface area contributed by atoms with E-state index in [1.165, 1.54) is 18.5 Å². The molecule has 0 aliphatic heterocycles. The van der Waals surface area contributed by atoms with Gasteiger partial charge in [-0.2, -0.15) is 10.1 Å². The highest BCUT2D eigenvalue weighted by Crippen LogP contribution is 2.24. The van der Waals surface area contributed by atoms with Crippen molar-refractivity contribution in [2.45, 2.75) is 6.92 Å². The highest BCUT2D eigenvalue weighted by Gasteiger charge is 2.10. The number of nitrogens with one attached hydrogen (secondary N) is 2. The number of benzene rings is 2. The number of aromatic amines is 1. The van der Waals surface area contributed by atoms with Crippen molar-refractivity contribution in [3.8, 4) is 11.4 Å². The third-order valence-electron chi connectivity index (χ3n) is 3.71. The number of rotatable bonds is 3. The minimum absolute atomic E-state index is 0.330. The van der Waals surface area contributed by atoms with Crippen LogP contribution in [0.4, 0.5) is 16.2 Å². The van der Waals surface area contributed by atoms with Gasteiger partial charge >= 0.3 is 0 Å². The van der Waals surface area contributed by atoms with Gasteiger partial charge in [-0.1, -0.05) is 24.3 Å².